The molecule has 11 heavy (non-hydrogen) atoms. The third-order valence-corrected chi connectivity index (χ3v) is 1.65. The zero-order valence-corrected chi connectivity index (χ0v) is 5.79. The number of anilines is 1. The van der Waals surface area contributed by atoms with Crippen LogP contribution in [0.15, 0.2) is 12.1 Å². The van der Waals surface area contributed by atoms with Gasteiger partial charge in [0.25, 0.3) is 5.91 Å². The highest BCUT2D eigenvalue weighted by Crippen LogP contribution is 2.13. The third kappa shape index (κ3) is 0.832. The van der Waals surface area contributed by atoms with Gasteiger partial charge in [-0.05, 0) is 6.07 Å². The number of nitrogens with zero attached hydrogens (tertiary/aromatic N) is 1. The quantitative estimate of drug-likeness (QED) is 0.541. The van der Waals surface area contributed by atoms with Gasteiger partial charge in [-0.2, -0.15) is 0 Å². The molecule has 0 aliphatic carbocycles. The van der Waals surface area contributed by atoms with Crippen LogP contribution in [-0.4, -0.2) is 10.9 Å². The van der Waals surface area contributed by atoms with Gasteiger partial charge in [0.2, 0.25) is 0 Å². The maximum Gasteiger partial charge on any atom is 0.270 e. The number of pyridine rings is 1. The summed E-state index contributed by atoms with van der Waals surface area (Å²) in [4.78, 5) is 14.9. The van der Waals surface area contributed by atoms with Crippen molar-refractivity contribution in [2.75, 3.05) is 5.73 Å². The van der Waals surface area contributed by atoms with Crippen LogP contribution in [0.3, 0.4) is 0 Å². The van der Waals surface area contributed by atoms with Gasteiger partial charge >= 0.3 is 0 Å². The largest absolute Gasteiger partial charge is 0.384 e. The van der Waals surface area contributed by atoms with Gasteiger partial charge in [0, 0.05) is 12.1 Å². The standard InChI is InChI=1S/C7H7N3O/c8-5-2-1-4-3-9-7(11)6(4)10-5/h1-2H,3H2,(H2,8,10)(H,9,11). The summed E-state index contributed by atoms with van der Waals surface area (Å²) in [6.07, 6.45) is 0. The first-order chi connectivity index (χ1) is 5.27. The van der Waals surface area contributed by atoms with E-state index >= 15 is 0 Å². The number of hydrogen-bond donors (Lipinski definition) is 2. The molecule has 2 heterocycles. The van der Waals surface area contributed by atoms with E-state index in [1.54, 1.807) is 6.07 Å². The number of carbonyl (C=O) groups excluding carboxylic acids is 1. The van der Waals surface area contributed by atoms with Gasteiger partial charge in [0.05, 0.1) is 0 Å². The van der Waals surface area contributed by atoms with Crippen LogP contribution in [0.25, 0.3) is 0 Å². The van der Waals surface area contributed by atoms with Crippen LogP contribution in [0.1, 0.15) is 16.1 Å². The molecule has 56 valence electrons. The second-order valence-corrected chi connectivity index (χ2v) is 2.43. The van der Waals surface area contributed by atoms with Crippen molar-refractivity contribution in [2.45, 2.75) is 6.54 Å². The molecule has 1 amide bonds. The number of hydrogen-bond acceptors (Lipinski definition) is 3. The fourth-order valence-corrected chi connectivity index (χ4v) is 1.10. The molecule has 1 aliphatic heterocycles. The van der Waals surface area contributed by atoms with Crippen LogP contribution in [0, 0.1) is 0 Å². The molecule has 4 nitrogen and oxygen atoms in total. The fraction of sp³-hybridized carbons (Fsp3) is 0.143. The van der Waals surface area contributed by atoms with Gasteiger partial charge in [-0.1, -0.05) is 6.07 Å². The smallest absolute Gasteiger partial charge is 0.270 e. The number of aromatic nitrogens is 1. The van der Waals surface area contributed by atoms with Crippen molar-refractivity contribution in [2.24, 2.45) is 0 Å². The molecule has 2 rings (SSSR count). The second-order valence-electron chi connectivity index (χ2n) is 2.43. The first kappa shape index (κ1) is 6.15. The zero-order chi connectivity index (χ0) is 7.84. The van der Waals surface area contributed by atoms with Gasteiger partial charge in [0.15, 0.2) is 0 Å². The normalized spacial score (nSPS) is 14.4. The maximum atomic E-state index is 11.0. The van der Waals surface area contributed by atoms with E-state index in [1.807, 2.05) is 6.07 Å². The molecule has 0 atom stereocenters. The molecule has 0 unspecified atom stereocenters. The summed E-state index contributed by atoms with van der Waals surface area (Å²) >= 11 is 0. The highest BCUT2D eigenvalue weighted by Gasteiger charge is 2.19. The zero-order valence-electron chi connectivity index (χ0n) is 5.79. The Morgan fingerprint density at radius 3 is 3.18 bits per heavy atom. The molecule has 0 radical (unpaired) electrons. The van der Waals surface area contributed by atoms with E-state index in [4.69, 9.17) is 5.73 Å². The Balaban J connectivity index is 2.60. The van der Waals surface area contributed by atoms with Gasteiger partial charge in [-0.3, -0.25) is 4.79 Å². The Bertz CT molecular complexity index is 321. The predicted octanol–water partition coefficient (Wildman–Crippen LogP) is -0.0928. The summed E-state index contributed by atoms with van der Waals surface area (Å²) in [5.41, 5.74) is 6.79. The van der Waals surface area contributed by atoms with Crippen molar-refractivity contribution in [3.63, 3.8) is 0 Å². The number of amides is 1. The first-order valence-corrected chi connectivity index (χ1v) is 3.31. The van der Waals surface area contributed by atoms with Crippen molar-refractivity contribution in [3.05, 3.63) is 23.4 Å². The summed E-state index contributed by atoms with van der Waals surface area (Å²) in [7, 11) is 0. The van der Waals surface area contributed by atoms with Crippen LogP contribution < -0.4 is 11.1 Å². The van der Waals surface area contributed by atoms with Gasteiger partial charge in [0.1, 0.15) is 11.5 Å². The molecule has 1 aromatic rings. The Kier molecular flexibility index (Phi) is 1.09. The topological polar surface area (TPSA) is 68.0 Å². The van der Waals surface area contributed by atoms with E-state index in [0.717, 1.165) is 5.56 Å². The van der Waals surface area contributed by atoms with Crippen LogP contribution in [0.4, 0.5) is 5.82 Å². The highest BCUT2D eigenvalue weighted by atomic mass is 16.2. The number of carbonyl (C=O) groups is 1. The lowest BCUT2D eigenvalue weighted by atomic mass is 10.2. The molecule has 0 spiro atoms. The molecule has 0 bridgehead atoms. The molecule has 0 saturated carbocycles. The van der Waals surface area contributed by atoms with Gasteiger partial charge in [-0.25, -0.2) is 4.98 Å². The lowest BCUT2D eigenvalue weighted by molar-refractivity contribution is 0.0961. The third-order valence-electron chi connectivity index (χ3n) is 1.65. The summed E-state index contributed by atoms with van der Waals surface area (Å²) < 4.78 is 0. The minimum atomic E-state index is -0.132. The van der Waals surface area contributed by atoms with E-state index < -0.39 is 0 Å². The molecule has 3 N–H and O–H groups in total. The van der Waals surface area contributed by atoms with E-state index in [9.17, 15) is 4.79 Å². The monoisotopic (exact) mass is 149 g/mol. The van der Waals surface area contributed by atoms with E-state index in [2.05, 4.69) is 10.3 Å². The van der Waals surface area contributed by atoms with Gasteiger partial charge < -0.3 is 11.1 Å². The molecular formula is C7H7N3O. The Labute approximate surface area is 63.4 Å². The number of nitrogen functional groups attached to an aromatic ring is 1. The molecule has 0 fully saturated rings. The SMILES string of the molecule is Nc1ccc2c(n1)C(=O)NC2. The van der Waals surface area contributed by atoms with Crippen molar-refractivity contribution in [1.29, 1.82) is 0 Å². The molecule has 0 aromatic carbocycles. The first-order valence-electron chi connectivity index (χ1n) is 3.31. The molecule has 1 aromatic heterocycles. The summed E-state index contributed by atoms with van der Waals surface area (Å²) in [6.45, 7) is 0.571. The summed E-state index contributed by atoms with van der Waals surface area (Å²) in [6, 6.07) is 3.51. The van der Waals surface area contributed by atoms with E-state index in [1.165, 1.54) is 0 Å². The molecule has 1 aliphatic rings. The van der Waals surface area contributed by atoms with E-state index in [0.29, 0.717) is 18.1 Å². The highest BCUT2D eigenvalue weighted by molar-refractivity contribution is 5.96. The maximum absolute atomic E-state index is 11.0. The number of fused-ring (bicyclic) bond motifs is 1. The van der Waals surface area contributed by atoms with Crippen LogP contribution in [0.2, 0.25) is 0 Å². The second kappa shape index (κ2) is 1.95. The Hall–Kier alpha value is -1.58. The van der Waals surface area contributed by atoms with Crippen molar-refractivity contribution >= 4 is 11.7 Å². The molecule has 4 heteroatoms. The van der Waals surface area contributed by atoms with Crippen molar-refractivity contribution in [1.82, 2.24) is 10.3 Å². The van der Waals surface area contributed by atoms with Crippen LogP contribution in [0.5, 0.6) is 0 Å². The number of nitrogens with two attached hydrogens (primary N) is 1. The Morgan fingerprint density at radius 1 is 1.55 bits per heavy atom. The average molecular weight is 149 g/mol. The minimum Gasteiger partial charge on any atom is -0.384 e. The predicted molar refractivity (Wildman–Crippen MR) is 39.8 cm³/mol. The minimum absolute atomic E-state index is 0.132. The molecular weight excluding hydrogens is 142 g/mol. The van der Waals surface area contributed by atoms with Gasteiger partial charge in [-0.15, -0.1) is 0 Å². The van der Waals surface area contributed by atoms with E-state index in [-0.39, 0.29) is 5.91 Å². The average Bonchev–Trinajstić information content (AvgIpc) is 2.33. The lowest BCUT2D eigenvalue weighted by Crippen LogP contribution is -2.13. The van der Waals surface area contributed by atoms with Crippen LogP contribution >= 0.6 is 0 Å². The lowest BCUT2D eigenvalue weighted by Gasteiger charge is -1.94. The van der Waals surface area contributed by atoms with Crippen molar-refractivity contribution in [3.8, 4) is 0 Å². The molecule has 0 saturated heterocycles. The van der Waals surface area contributed by atoms with Crippen molar-refractivity contribution < 1.29 is 4.79 Å². The Morgan fingerprint density at radius 2 is 2.36 bits per heavy atom. The number of nitrogens with one attached hydrogen (secondary N) is 1. The number of rotatable bonds is 0. The summed E-state index contributed by atoms with van der Waals surface area (Å²) in [5.74, 6) is 0.258. The van der Waals surface area contributed by atoms with Crippen LogP contribution in [-0.2, 0) is 6.54 Å². The fourth-order valence-electron chi connectivity index (χ4n) is 1.10. The summed E-state index contributed by atoms with van der Waals surface area (Å²) in [5, 5.41) is 2.66.